The highest BCUT2D eigenvalue weighted by atomic mass is 32.2. The van der Waals surface area contributed by atoms with Crippen LogP contribution < -0.4 is 5.56 Å². The van der Waals surface area contributed by atoms with E-state index in [1.54, 1.807) is 10.9 Å². The van der Waals surface area contributed by atoms with Crippen LogP contribution in [0.1, 0.15) is 25.2 Å². The van der Waals surface area contributed by atoms with Gasteiger partial charge in [0, 0.05) is 6.54 Å². The summed E-state index contributed by atoms with van der Waals surface area (Å²) in [6, 6.07) is 5.79. The van der Waals surface area contributed by atoms with E-state index >= 15 is 0 Å². The lowest BCUT2D eigenvalue weighted by molar-refractivity contribution is 0.496. The fourth-order valence-electron chi connectivity index (χ4n) is 3.12. The number of aryl methyl sites for hydroxylation is 1. The van der Waals surface area contributed by atoms with E-state index in [-0.39, 0.29) is 5.56 Å². The number of nitrogens with zero attached hydrogens (tertiary/aromatic N) is 5. The second kappa shape index (κ2) is 7.11. The third-order valence-corrected chi connectivity index (χ3v) is 5.31. The lowest BCUT2D eigenvalue weighted by Gasteiger charge is -2.16. The Labute approximate surface area is 160 Å². The van der Waals surface area contributed by atoms with Crippen LogP contribution in [0.2, 0.25) is 0 Å². The monoisotopic (exact) mass is 380 g/mol. The Balaban J connectivity index is 1.78. The van der Waals surface area contributed by atoms with Gasteiger partial charge in [-0.05, 0) is 24.5 Å². The van der Waals surface area contributed by atoms with Gasteiger partial charge in [-0.3, -0.25) is 9.36 Å². The van der Waals surface area contributed by atoms with Crippen molar-refractivity contribution in [3.05, 3.63) is 52.6 Å². The van der Waals surface area contributed by atoms with Gasteiger partial charge in [0.25, 0.3) is 5.56 Å². The number of benzene rings is 1. The zero-order valence-electron chi connectivity index (χ0n) is 15.4. The highest BCUT2D eigenvalue weighted by Gasteiger charge is 2.15. The van der Waals surface area contributed by atoms with Crippen molar-refractivity contribution in [2.45, 2.75) is 38.1 Å². The molecule has 0 aliphatic heterocycles. The molecule has 0 aliphatic carbocycles. The molecule has 0 spiro atoms. The summed E-state index contributed by atoms with van der Waals surface area (Å²) in [7, 11) is 0. The molecule has 0 saturated heterocycles. The van der Waals surface area contributed by atoms with E-state index in [0.29, 0.717) is 29.2 Å². The number of hydrogen-bond donors (Lipinski definition) is 1. The summed E-state index contributed by atoms with van der Waals surface area (Å²) in [4.78, 5) is 33.7. The first-order valence-electron chi connectivity index (χ1n) is 8.80. The third kappa shape index (κ3) is 3.32. The Bertz CT molecular complexity index is 1180. The molecule has 0 bridgehead atoms. The van der Waals surface area contributed by atoms with E-state index in [0.717, 1.165) is 27.4 Å². The first-order chi connectivity index (χ1) is 13.0. The molecule has 0 amide bonds. The Morgan fingerprint density at radius 1 is 1.22 bits per heavy atom. The predicted octanol–water partition coefficient (Wildman–Crippen LogP) is 3.32. The fourth-order valence-corrected chi connectivity index (χ4v) is 4.01. The van der Waals surface area contributed by atoms with E-state index in [4.69, 9.17) is 4.98 Å². The van der Waals surface area contributed by atoms with Crippen LogP contribution in [-0.4, -0.2) is 29.5 Å². The molecule has 0 atom stereocenters. The first kappa shape index (κ1) is 17.7. The molecule has 4 aromatic rings. The molecule has 3 aromatic heterocycles. The average Bonchev–Trinajstić information content (AvgIpc) is 3.11. The number of nitrogens with one attached hydrogen (secondary N) is 1. The minimum absolute atomic E-state index is 0.0232. The Morgan fingerprint density at radius 2 is 2.07 bits per heavy atom. The zero-order chi connectivity index (χ0) is 19.0. The minimum Gasteiger partial charge on any atom is -0.329 e. The molecule has 0 fully saturated rings. The number of imidazole rings is 1. The summed E-state index contributed by atoms with van der Waals surface area (Å²) >= 11 is 1.51. The summed E-state index contributed by atoms with van der Waals surface area (Å²) in [6.07, 6.45) is 3.12. The molecular formula is C19H20N6OS. The van der Waals surface area contributed by atoms with E-state index in [9.17, 15) is 4.79 Å². The van der Waals surface area contributed by atoms with Crippen LogP contribution in [0, 0.1) is 12.8 Å². The van der Waals surface area contributed by atoms with E-state index in [1.807, 2.05) is 25.1 Å². The predicted molar refractivity (Wildman–Crippen MR) is 107 cm³/mol. The summed E-state index contributed by atoms with van der Waals surface area (Å²) < 4.78 is 1.80. The largest absolute Gasteiger partial charge is 0.329 e. The number of thioether (sulfide) groups is 1. The molecule has 0 unspecified atom stereocenters. The van der Waals surface area contributed by atoms with Crippen LogP contribution >= 0.6 is 11.8 Å². The van der Waals surface area contributed by atoms with Crippen molar-refractivity contribution in [2.75, 3.05) is 0 Å². The van der Waals surface area contributed by atoms with Crippen LogP contribution in [0.4, 0.5) is 0 Å². The summed E-state index contributed by atoms with van der Waals surface area (Å²) in [6.45, 7) is 6.79. The Kier molecular flexibility index (Phi) is 4.65. The van der Waals surface area contributed by atoms with Gasteiger partial charge in [0.1, 0.15) is 22.7 Å². The topological polar surface area (TPSA) is 89.3 Å². The lowest BCUT2D eigenvalue weighted by atomic mass is 10.1. The van der Waals surface area contributed by atoms with Crippen molar-refractivity contribution in [2.24, 2.45) is 5.92 Å². The maximum Gasteiger partial charge on any atom is 0.261 e. The maximum absolute atomic E-state index is 13.2. The summed E-state index contributed by atoms with van der Waals surface area (Å²) in [5.74, 6) is 1.62. The van der Waals surface area contributed by atoms with Crippen molar-refractivity contribution in [3.63, 3.8) is 0 Å². The normalized spacial score (nSPS) is 11.7. The van der Waals surface area contributed by atoms with E-state index in [1.165, 1.54) is 18.1 Å². The highest BCUT2D eigenvalue weighted by Crippen LogP contribution is 2.25. The van der Waals surface area contributed by atoms with Crippen LogP contribution in [0.25, 0.3) is 22.1 Å². The number of rotatable bonds is 5. The molecule has 1 aromatic carbocycles. The van der Waals surface area contributed by atoms with Gasteiger partial charge in [0.2, 0.25) is 0 Å². The molecule has 0 saturated carbocycles. The van der Waals surface area contributed by atoms with Crippen molar-refractivity contribution in [1.82, 2.24) is 29.5 Å². The fraction of sp³-hybridized carbons (Fsp3) is 0.316. The summed E-state index contributed by atoms with van der Waals surface area (Å²) in [5, 5.41) is 1.47. The second-order valence-electron chi connectivity index (χ2n) is 6.87. The van der Waals surface area contributed by atoms with Crippen LogP contribution in [0.3, 0.4) is 0 Å². The molecule has 0 aliphatic rings. The molecule has 27 heavy (non-hydrogen) atoms. The molecule has 0 radical (unpaired) electrons. The standard InChI is InChI=1S/C19H20N6OS/c1-11(2)7-25-14(24-13-6-4-5-12(3)15(13)19(25)26)8-27-18-16-17(21-9-20-16)22-10-23-18/h4-6,9-11H,7-8H2,1-3H3,(H,20,21,22,23). The Morgan fingerprint density at radius 3 is 2.89 bits per heavy atom. The number of H-pyrrole nitrogens is 1. The van der Waals surface area contributed by atoms with Gasteiger partial charge >= 0.3 is 0 Å². The molecule has 8 heteroatoms. The van der Waals surface area contributed by atoms with Crippen LogP contribution in [0.5, 0.6) is 0 Å². The highest BCUT2D eigenvalue weighted by molar-refractivity contribution is 7.98. The first-order valence-corrected chi connectivity index (χ1v) is 9.79. The summed E-state index contributed by atoms with van der Waals surface area (Å²) in [5.41, 5.74) is 3.15. The zero-order valence-corrected chi connectivity index (χ0v) is 16.2. The Hall–Kier alpha value is -2.74. The average molecular weight is 380 g/mol. The number of aromatic amines is 1. The van der Waals surface area contributed by atoms with Gasteiger partial charge in [-0.1, -0.05) is 37.7 Å². The van der Waals surface area contributed by atoms with Crippen LogP contribution in [-0.2, 0) is 12.3 Å². The van der Waals surface area contributed by atoms with Crippen molar-refractivity contribution >= 4 is 33.8 Å². The van der Waals surface area contributed by atoms with Crippen molar-refractivity contribution in [3.8, 4) is 0 Å². The van der Waals surface area contributed by atoms with Gasteiger partial charge in [-0.2, -0.15) is 0 Å². The number of fused-ring (bicyclic) bond motifs is 2. The van der Waals surface area contributed by atoms with Gasteiger partial charge in [0.15, 0.2) is 5.65 Å². The molecule has 138 valence electrons. The molecule has 4 rings (SSSR count). The van der Waals surface area contributed by atoms with Crippen molar-refractivity contribution in [1.29, 1.82) is 0 Å². The number of aromatic nitrogens is 6. The van der Waals surface area contributed by atoms with Gasteiger partial charge < -0.3 is 4.98 Å². The molecule has 1 N–H and O–H groups in total. The molecule has 3 heterocycles. The second-order valence-corrected chi connectivity index (χ2v) is 7.84. The van der Waals surface area contributed by atoms with E-state index < -0.39 is 0 Å². The minimum atomic E-state index is 0.0232. The lowest BCUT2D eigenvalue weighted by Crippen LogP contribution is -2.27. The maximum atomic E-state index is 13.2. The van der Waals surface area contributed by atoms with Gasteiger partial charge in [-0.15, -0.1) is 0 Å². The van der Waals surface area contributed by atoms with Crippen molar-refractivity contribution < 1.29 is 0 Å². The third-order valence-electron chi connectivity index (χ3n) is 4.34. The van der Waals surface area contributed by atoms with Gasteiger partial charge in [-0.25, -0.2) is 19.9 Å². The van der Waals surface area contributed by atoms with Crippen LogP contribution in [0.15, 0.2) is 40.7 Å². The molecule has 7 nitrogen and oxygen atoms in total. The smallest absolute Gasteiger partial charge is 0.261 e. The number of hydrogen-bond acceptors (Lipinski definition) is 6. The quantitative estimate of drug-likeness (QED) is 0.422. The molecular weight excluding hydrogens is 360 g/mol. The van der Waals surface area contributed by atoms with Gasteiger partial charge in [0.05, 0.1) is 23.0 Å². The SMILES string of the molecule is Cc1cccc2nc(CSc3ncnc4[nH]cnc34)n(CC(C)C)c(=O)c12. The van der Waals surface area contributed by atoms with E-state index in [2.05, 4.69) is 33.8 Å².